The molecule has 64 heavy (non-hydrogen) atoms. The monoisotopic (exact) mass is 915 g/mol. The summed E-state index contributed by atoms with van der Waals surface area (Å²) >= 11 is 0. The molecule has 0 aliphatic heterocycles. The number of unbranched alkanes of at least 4 members (excludes halogenated alkanes) is 19. The standard InChI is InChI=1S/C55H99N2O6P/c1-6-8-10-12-14-16-18-20-22-23-24-25-26-27-28-29-30-31-32-33-35-37-39-41-43-45-47-49-55(59)56-53(52-63-64(60,61)62-51-50-57(3,4)5)54(58)48-46-44-42-40-38-36-34-21-19-17-15-13-11-9-7-2/h8,10,14,16,20,22,24-25,27-28,30-31,33,35,53-54,58H,6-7,9,11-13,15,17-19,21,23,26,29,32,34,36-52H2,1-5H3,(H-,56,59,60,61)/b10-8-,16-14-,22-20-,25-24-,28-27-,31-30-,35-33-. The van der Waals surface area contributed by atoms with Crippen molar-refractivity contribution in [1.82, 2.24) is 5.32 Å². The van der Waals surface area contributed by atoms with Gasteiger partial charge in [-0.15, -0.1) is 0 Å². The third kappa shape index (κ3) is 47.6. The number of phosphoric acid groups is 1. The van der Waals surface area contributed by atoms with Crippen molar-refractivity contribution in [3.05, 3.63) is 85.1 Å². The van der Waals surface area contributed by atoms with Gasteiger partial charge < -0.3 is 28.8 Å². The number of amides is 1. The molecule has 0 saturated carbocycles. The zero-order valence-corrected chi connectivity index (χ0v) is 42.8. The van der Waals surface area contributed by atoms with E-state index in [0.717, 1.165) is 103 Å². The van der Waals surface area contributed by atoms with Crippen molar-refractivity contribution in [3.8, 4) is 0 Å². The van der Waals surface area contributed by atoms with Crippen molar-refractivity contribution in [2.75, 3.05) is 40.9 Å². The Kier molecular flexibility index (Phi) is 44.2. The highest BCUT2D eigenvalue weighted by molar-refractivity contribution is 7.45. The van der Waals surface area contributed by atoms with E-state index in [1.807, 2.05) is 21.1 Å². The van der Waals surface area contributed by atoms with Crippen LogP contribution in [0, 0.1) is 0 Å². The van der Waals surface area contributed by atoms with Gasteiger partial charge in [-0.2, -0.15) is 0 Å². The first-order valence-corrected chi connectivity index (χ1v) is 27.4. The van der Waals surface area contributed by atoms with Crippen molar-refractivity contribution in [2.45, 2.75) is 219 Å². The summed E-state index contributed by atoms with van der Waals surface area (Å²) in [6, 6.07) is -0.817. The first-order chi connectivity index (χ1) is 31.0. The van der Waals surface area contributed by atoms with Gasteiger partial charge >= 0.3 is 0 Å². The predicted molar refractivity (Wildman–Crippen MR) is 274 cm³/mol. The Morgan fingerprint density at radius 3 is 1.39 bits per heavy atom. The van der Waals surface area contributed by atoms with Crippen LogP contribution in [-0.2, 0) is 18.4 Å². The smallest absolute Gasteiger partial charge is 0.268 e. The van der Waals surface area contributed by atoms with Crippen LogP contribution < -0.4 is 10.2 Å². The number of hydrogen-bond donors (Lipinski definition) is 2. The molecule has 9 heteroatoms. The van der Waals surface area contributed by atoms with E-state index in [1.54, 1.807) is 0 Å². The van der Waals surface area contributed by atoms with E-state index in [-0.39, 0.29) is 19.1 Å². The molecule has 0 aromatic heterocycles. The molecule has 1 amide bonds. The summed E-state index contributed by atoms with van der Waals surface area (Å²) < 4.78 is 23.3. The molecule has 0 spiro atoms. The van der Waals surface area contributed by atoms with Gasteiger partial charge in [0, 0.05) is 6.42 Å². The Labute approximate surface area is 395 Å². The highest BCUT2D eigenvalue weighted by Gasteiger charge is 2.24. The van der Waals surface area contributed by atoms with Crippen LogP contribution in [0.1, 0.15) is 206 Å². The Bertz CT molecular complexity index is 1310. The van der Waals surface area contributed by atoms with Gasteiger partial charge in [0.25, 0.3) is 7.82 Å². The van der Waals surface area contributed by atoms with Crippen LogP contribution in [0.5, 0.6) is 0 Å². The summed E-state index contributed by atoms with van der Waals surface area (Å²) in [7, 11) is 1.28. The molecular weight excluding hydrogens is 816 g/mol. The van der Waals surface area contributed by atoms with Crippen molar-refractivity contribution in [3.63, 3.8) is 0 Å². The van der Waals surface area contributed by atoms with Crippen LogP contribution >= 0.6 is 7.82 Å². The molecule has 0 rings (SSSR count). The number of rotatable bonds is 46. The summed E-state index contributed by atoms with van der Waals surface area (Å²) in [6.45, 7) is 4.58. The molecule has 0 saturated heterocycles. The Morgan fingerprint density at radius 2 is 0.953 bits per heavy atom. The van der Waals surface area contributed by atoms with Crippen LogP contribution in [-0.4, -0.2) is 68.5 Å². The van der Waals surface area contributed by atoms with Gasteiger partial charge in [-0.25, -0.2) is 0 Å². The Hall–Kier alpha value is -2.32. The summed E-state index contributed by atoms with van der Waals surface area (Å²) in [5, 5.41) is 14.0. The fourth-order valence-corrected chi connectivity index (χ4v) is 7.80. The molecule has 0 aromatic rings. The SMILES string of the molecule is CC/C=C\C/C=C\C/C=C\C/C=C\C/C=C\C/C=C\C/C=C\CCCCCCCC(=O)NC(COP(=O)([O-])OCC[N+](C)(C)C)C(O)CCCCCCCCCCCCCCCCC. The van der Waals surface area contributed by atoms with Gasteiger partial charge in [0.05, 0.1) is 39.9 Å². The lowest BCUT2D eigenvalue weighted by molar-refractivity contribution is -0.870. The van der Waals surface area contributed by atoms with E-state index < -0.39 is 20.0 Å². The minimum Gasteiger partial charge on any atom is -0.756 e. The number of aliphatic hydroxyl groups is 1. The number of nitrogens with one attached hydrogen (secondary N) is 1. The number of hydrogen-bond acceptors (Lipinski definition) is 6. The fourth-order valence-electron chi connectivity index (χ4n) is 7.08. The molecule has 0 aromatic carbocycles. The maximum absolute atomic E-state index is 12.9. The maximum atomic E-state index is 12.9. The summed E-state index contributed by atoms with van der Waals surface area (Å²) in [5.41, 5.74) is 0. The zero-order valence-electron chi connectivity index (χ0n) is 42.0. The molecule has 0 fully saturated rings. The van der Waals surface area contributed by atoms with E-state index in [9.17, 15) is 19.4 Å². The molecule has 2 N–H and O–H groups in total. The Morgan fingerprint density at radius 1 is 0.562 bits per heavy atom. The lowest BCUT2D eigenvalue weighted by Crippen LogP contribution is -2.46. The molecule has 0 heterocycles. The van der Waals surface area contributed by atoms with Crippen molar-refractivity contribution in [2.24, 2.45) is 0 Å². The van der Waals surface area contributed by atoms with Crippen LogP contribution in [0.3, 0.4) is 0 Å². The second kappa shape index (κ2) is 45.8. The molecule has 3 unspecified atom stereocenters. The van der Waals surface area contributed by atoms with Crippen molar-refractivity contribution >= 4 is 13.7 Å². The predicted octanol–water partition coefficient (Wildman–Crippen LogP) is 14.7. The third-order valence-corrected chi connectivity index (χ3v) is 12.1. The van der Waals surface area contributed by atoms with Gasteiger partial charge in [-0.1, -0.05) is 214 Å². The normalized spacial score (nSPS) is 14.8. The molecule has 8 nitrogen and oxygen atoms in total. The quantitative estimate of drug-likeness (QED) is 0.0273. The van der Waals surface area contributed by atoms with E-state index in [2.05, 4.69) is 104 Å². The minimum atomic E-state index is -4.58. The minimum absolute atomic E-state index is 0.00356. The van der Waals surface area contributed by atoms with E-state index in [1.165, 1.54) is 77.0 Å². The number of nitrogens with zero attached hydrogens (tertiary/aromatic N) is 1. The average Bonchev–Trinajstić information content (AvgIpc) is 3.25. The van der Waals surface area contributed by atoms with Gasteiger partial charge in [0.2, 0.25) is 5.91 Å². The second-order valence-corrected chi connectivity index (χ2v) is 19.9. The van der Waals surface area contributed by atoms with Gasteiger partial charge in [-0.05, 0) is 70.6 Å². The molecule has 0 aliphatic rings. The highest BCUT2D eigenvalue weighted by Crippen LogP contribution is 2.38. The Balaban J connectivity index is 4.30. The summed E-state index contributed by atoms with van der Waals surface area (Å²) in [6.07, 6.45) is 63.1. The largest absolute Gasteiger partial charge is 0.756 e. The topological polar surface area (TPSA) is 108 Å². The second-order valence-electron chi connectivity index (χ2n) is 18.5. The zero-order chi connectivity index (χ0) is 47.1. The third-order valence-electron chi connectivity index (χ3n) is 11.1. The molecule has 370 valence electrons. The van der Waals surface area contributed by atoms with Crippen LogP contribution in [0.15, 0.2) is 85.1 Å². The molecule has 0 radical (unpaired) electrons. The molecular formula is C55H99N2O6P. The summed E-state index contributed by atoms with van der Waals surface area (Å²) in [4.78, 5) is 25.4. The first-order valence-electron chi connectivity index (χ1n) is 25.9. The number of aliphatic hydroxyl groups excluding tert-OH is 1. The summed E-state index contributed by atoms with van der Waals surface area (Å²) in [5.74, 6) is -0.187. The molecule has 0 bridgehead atoms. The van der Waals surface area contributed by atoms with Gasteiger partial charge in [-0.3, -0.25) is 9.36 Å². The van der Waals surface area contributed by atoms with Crippen LogP contribution in [0.25, 0.3) is 0 Å². The molecule has 0 aliphatic carbocycles. The first kappa shape index (κ1) is 61.7. The van der Waals surface area contributed by atoms with Crippen molar-refractivity contribution in [1.29, 1.82) is 0 Å². The van der Waals surface area contributed by atoms with Crippen LogP contribution in [0.2, 0.25) is 0 Å². The van der Waals surface area contributed by atoms with Gasteiger partial charge in [0.15, 0.2) is 0 Å². The number of carbonyl (C=O) groups excluding carboxylic acids is 1. The number of carbonyl (C=O) groups is 1. The van der Waals surface area contributed by atoms with E-state index >= 15 is 0 Å². The lowest BCUT2D eigenvalue weighted by Gasteiger charge is -2.30. The lowest BCUT2D eigenvalue weighted by atomic mass is 10.0. The van der Waals surface area contributed by atoms with Crippen molar-refractivity contribution < 1.29 is 32.9 Å². The van der Waals surface area contributed by atoms with E-state index in [0.29, 0.717) is 23.9 Å². The number of allylic oxidation sites excluding steroid dienone is 14. The number of likely N-dealkylation sites (N-methyl/N-ethyl adjacent to an activating group) is 1. The average molecular weight is 915 g/mol. The van der Waals surface area contributed by atoms with Crippen LogP contribution in [0.4, 0.5) is 0 Å². The fraction of sp³-hybridized carbons (Fsp3) is 0.727. The van der Waals surface area contributed by atoms with Gasteiger partial charge in [0.1, 0.15) is 13.2 Å². The van der Waals surface area contributed by atoms with E-state index in [4.69, 9.17) is 9.05 Å². The molecule has 3 atom stereocenters. The number of quaternary nitrogens is 1. The number of phosphoric ester groups is 1. The maximum Gasteiger partial charge on any atom is 0.268 e. The highest BCUT2D eigenvalue weighted by atomic mass is 31.2.